The van der Waals surface area contributed by atoms with Crippen molar-refractivity contribution in [2.75, 3.05) is 19.7 Å². The lowest BCUT2D eigenvalue weighted by atomic mass is 10.1. The Balaban J connectivity index is 1.87. The van der Waals surface area contributed by atoms with Gasteiger partial charge in [0.25, 0.3) is 0 Å². The van der Waals surface area contributed by atoms with Crippen molar-refractivity contribution < 1.29 is 9.90 Å². The van der Waals surface area contributed by atoms with Gasteiger partial charge >= 0.3 is 0 Å². The molecule has 0 radical (unpaired) electrons. The van der Waals surface area contributed by atoms with Crippen molar-refractivity contribution in [3.63, 3.8) is 0 Å². The van der Waals surface area contributed by atoms with Crippen LogP contribution < -0.4 is 0 Å². The Morgan fingerprint density at radius 3 is 3.07 bits per heavy atom. The van der Waals surface area contributed by atoms with E-state index in [9.17, 15) is 4.79 Å². The molecule has 0 spiro atoms. The number of likely N-dealkylation sites (tertiary alicyclic amines) is 1. The zero-order valence-electron chi connectivity index (χ0n) is 8.28. The molecule has 2 heterocycles. The third-order valence-electron chi connectivity index (χ3n) is 2.59. The second-order valence-electron chi connectivity index (χ2n) is 3.68. The monoisotopic (exact) mass is 211 g/mol. The second-order valence-corrected chi connectivity index (χ2v) is 3.68. The molecule has 1 aliphatic rings. The molecule has 1 atom stereocenters. The average molecular weight is 211 g/mol. The highest BCUT2D eigenvalue weighted by atomic mass is 16.3. The Morgan fingerprint density at radius 2 is 2.47 bits per heavy atom. The van der Waals surface area contributed by atoms with Gasteiger partial charge in [0.1, 0.15) is 12.9 Å². The van der Waals surface area contributed by atoms with Crippen molar-refractivity contribution in [3.05, 3.63) is 6.33 Å². The standard InChI is InChI=1S/C8H13N5O2/c14-5-7-1-2-12(3-7)8(15)4-13-6-9-10-11-13/h6-7,14H,1-5H2. The fraction of sp³-hybridized carbons (Fsp3) is 0.750. The highest BCUT2D eigenvalue weighted by molar-refractivity contribution is 5.76. The Morgan fingerprint density at radius 1 is 1.60 bits per heavy atom. The normalized spacial score (nSPS) is 20.9. The Kier molecular flexibility index (Phi) is 2.91. The van der Waals surface area contributed by atoms with Crippen molar-refractivity contribution in [3.8, 4) is 0 Å². The first-order valence-corrected chi connectivity index (χ1v) is 4.89. The third kappa shape index (κ3) is 2.30. The number of carbonyl (C=O) groups is 1. The van der Waals surface area contributed by atoms with E-state index in [0.717, 1.165) is 6.42 Å². The van der Waals surface area contributed by atoms with Crippen LogP contribution in [0.3, 0.4) is 0 Å². The molecule has 1 amide bonds. The van der Waals surface area contributed by atoms with Gasteiger partial charge in [-0.1, -0.05) is 0 Å². The summed E-state index contributed by atoms with van der Waals surface area (Å²) in [5, 5.41) is 19.5. The van der Waals surface area contributed by atoms with Gasteiger partial charge in [-0.15, -0.1) is 5.10 Å². The van der Waals surface area contributed by atoms with Gasteiger partial charge in [0.15, 0.2) is 0 Å². The summed E-state index contributed by atoms with van der Waals surface area (Å²) in [7, 11) is 0. The van der Waals surface area contributed by atoms with E-state index in [2.05, 4.69) is 15.5 Å². The van der Waals surface area contributed by atoms with Crippen LogP contribution >= 0.6 is 0 Å². The maximum absolute atomic E-state index is 11.7. The number of nitrogens with zero attached hydrogens (tertiary/aromatic N) is 5. The first kappa shape index (κ1) is 10.0. The quantitative estimate of drug-likeness (QED) is 0.658. The van der Waals surface area contributed by atoms with Crippen LogP contribution in [0.2, 0.25) is 0 Å². The van der Waals surface area contributed by atoms with Gasteiger partial charge in [0, 0.05) is 25.6 Å². The number of hydrogen-bond donors (Lipinski definition) is 1. The van der Waals surface area contributed by atoms with E-state index in [4.69, 9.17) is 5.11 Å². The van der Waals surface area contributed by atoms with Crippen LogP contribution in [0.25, 0.3) is 0 Å². The van der Waals surface area contributed by atoms with Crippen LogP contribution in [-0.2, 0) is 11.3 Å². The summed E-state index contributed by atoms with van der Waals surface area (Å²) in [6, 6.07) is 0. The highest BCUT2D eigenvalue weighted by Gasteiger charge is 2.25. The van der Waals surface area contributed by atoms with Crippen molar-refractivity contribution >= 4 is 5.91 Å². The molecule has 82 valence electrons. The van der Waals surface area contributed by atoms with Gasteiger partial charge in [0.2, 0.25) is 5.91 Å². The van der Waals surface area contributed by atoms with E-state index < -0.39 is 0 Å². The molecule has 0 aliphatic carbocycles. The predicted molar refractivity (Wildman–Crippen MR) is 49.6 cm³/mol. The lowest BCUT2D eigenvalue weighted by molar-refractivity contribution is -0.131. The molecule has 0 saturated carbocycles. The van der Waals surface area contributed by atoms with Gasteiger partial charge in [-0.2, -0.15) is 0 Å². The minimum absolute atomic E-state index is 0.00162. The summed E-state index contributed by atoms with van der Waals surface area (Å²) >= 11 is 0. The van der Waals surface area contributed by atoms with E-state index in [0.29, 0.717) is 13.1 Å². The summed E-state index contributed by atoms with van der Waals surface area (Å²) in [5.41, 5.74) is 0. The minimum Gasteiger partial charge on any atom is -0.396 e. The number of aromatic nitrogens is 4. The van der Waals surface area contributed by atoms with Crippen molar-refractivity contribution in [2.24, 2.45) is 5.92 Å². The number of amides is 1. The molecule has 2 rings (SSSR count). The molecule has 7 nitrogen and oxygen atoms in total. The average Bonchev–Trinajstić information content (AvgIpc) is 2.86. The molecule has 0 bridgehead atoms. The number of carbonyl (C=O) groups excluding carboxylic acids is 1. The summed E-state index contributed by atoms with van der Waals surface area (Å²) in [5.74, 6) is 0.223. The van der Waals surface area contributed by atoms with Crippen LogP contribution in [0.5, 0.6) is 0 Å². The molecule has 7 heteroatoms. The first-order chi connectivity index (χ1) is 7.29. The van der Waals surface area contributed by atoms with Crippen molar-refractivity contribution in [1.82, 2.24) is 25.1 Å². The Labute approximate surface area is 86.7 Å². The molecular formula is C8H13N5O2. The van der Waals surface area contributed by atoms with E-state index >= 15 is 0 Å². The zero-order valence-corrected chi connectivity index (χ0v) is 8.28. The van der Waals surface area contributed by atoms with Gasteiger partial charge in [-0.25, -0.2) is 4.68 Å². The first-order valence-electron chi connectivity index (χ1n) is 4.89. The van der Waals surface area contributed by atoms with Crippen LogP contribution in [0.15, 0.2) is 6.33 Å². The van der Waals surface area contributed by atoms with E-state index in [1.165, 1.54) is 11.0 Å². The molecule has 1 N–H and O–H groups in total. The summed E-state index contributed by atoms with van der Waals surface area (Å²) in [6.07, 6.45) is 2.29. The second kappa shape index (κ2) is 4.35. The molecule has 1 aliphatic heterocycles. The molecule has 1 aromatic rings. The fourth-order valence-corrected chi connectivity index (χ4v) is 1.70. The molecule has 1 saturated heterocycles. The smallest absolute Gasteiger partial charge is 0.244 e. The molecule has 1 aromatic heterocycles. The number of hydrogen-bond acceptors (Lipinski definition) is 5. The summed E-state index contributed by atoms with van der Waals surface area (Å²) < 4.78 is 1.40. The fourth-order valence-electron chi connectivity index (χ4n) is 1.70. The predicted octanol–water partition coefficient (Wildman–Crippen LogP) is -1.49. The molecule has 1 unspecified atom stereocenters. The molecule has 0 aromatic carbocycles. The maximum atomic E-state index is 11.7. The van der Waals surface area contributed by atoms with Crippen molar-refractivity contribution in [2.45, 2.75) is 13.0 Å². The number of tetrazole rings is 1. The summed E-state index contributed by atoms with van der Waals surface area (Å²) in [4.78, 5) is 13.4. The molecule has 1 fully saturated rings. The zero-order chi connectivity index (χ0) is 10.7. The molecular weight excluding hydrogens is 198 g/mol. The topological polar surface area (TPSA) is 84.1 Å². The molecule has 15 heavy (non-hydrogen) atoms. The lowest BCUT2D eigenvalue weighted by Crippen LogP contribution is -2.32. The van der Waals surface area contributed by atoms with Crippen LogP contribution in [0, 0.1) is 5.92 Å². The van der Waals surface area contributed by atoms with Gasteiger partial charge < -0.3 is 10.0 Å². The number of aliphatic hydroxyl groups is 1. The van der Waals surface area contributed by atoms with Crippen LogP contribution in [0.4, 0.5) is 0 Å². The largest absolute Gasteiger partial charge is 0.396 e. The Bertz CT molecular complexity index is 326. The maximum Gasteiger partial charge on any atom is 0.244 e. The number of rotatable bonds is 3. The van der Waals surface area contributed by atoms with Crippen molar-refractivity contribution in [1.29, 1.82) is 0 Å². The Hall–Kier alpha value is -1.50. The lowest BCUT2D eigenvalue weighted by Gasteiger charge is -2.15. The van der Waals surface area contributed by atoms with Crippen LogP contribution in [0.1, 0.15) is 6.42 Å². The van der Waals surface area contributed by atoms with E-state index in [-0.39, 0.29) is 25.0 Å². The van der Waals surface area contributed by atoms with Gasteiger partial charge in [-0.3, -0.25) is 4.79 Å². The van der Waals surface area contributed by atoms with E-state index in [1.54, 1.807) is 4.90 Å². The minimum atomic E-state index is -0.00162. The summed E-state index contributed by atoms with van der Waals surface area (Å²) in [6.45, 7) is 1.67. The SMILES string of the molecule is O=C(Cn1cnnn1)N1CCC(CO)C1. The van der Waals surface area contributed by atoms with Gasteiger partial charge in [0.05, 0.1) is 0 Å². The highest BCUT2D eigenvalue weighted by Crippen LogP contribution is 2.15. The van der Waals surface area contributed by atoms with Crippen LogP contribution in [-0.4, -0.2) is 55.8 Å². The van der Waals surface area contributed by atoms with E-state index in [1.807, 2.05) is 0 Å². The number of aliphatic hydroxyl groups excluding tert-OH is 1. The van der Waals surface area contributed by atoms with Gasteiger partial charge in [-0.05, 0) is 16.8 Å². The third-order valence-corrected chi connectivity index (χ3v) is 2.59.